The summed E-state index contributed by atoms with van der Waals surface area (Å²) in [5.74, 6) is -0.185. The first-order valence-electron chi connectivity index (χ1n) is 10.7. The van der Waals surface area contributed by atoms with Gasteiger partial charge in [0.1, 0.15) is 5.69 Å². The number of nitrogens with zero attached hydrogens (tertiary/aromatic N) is 3. The van der Waals surface area contributed by atoms with Crippen molar-refractivity contribution in [2.24, 2.45) is 0 Å². The number of carbonyl (C=O) groups excluding carboxylic acids is 1. The predicted molar refractivity (Wildman–Crippen MR) is 140 cm³/mol. The van der Waals surface area contributed by atoms with Crippen LogP contribution < -0.4 is 9.79 Å². The number of fused-ring (bicyclic) bond motifs is 1. The average molecular weight is 472 g/mol. The van der Waals surface area contributed by atoms with Crippen LogP contribution in [-0.2, 0) is 6.54 Å². The quantitative estimate of drug-likeness (QED) is 0.225. The first kappa shape index (κ1) is 23.3. The standard InChI is InChI=1S/C26H25N5O2S/c1-4-6-22-18(5-2)9-14-24(28-22)25-21-15-19(10-13-23(21)29-30-25)26(32)27-16-17-7-11-20(12-8-17)31(33)34-3/h4-15,33H,2,16H2,1,3H3,(H,27,32)(H,29,30)/b6-4-. The van der Waals surface area contributed by atoms with E-state index in [1.54, 1.807) is 30.5 Å². The number of carbonyl (C=O) groups is 1. The second-order valence-electron chi connectivity index (χ2n) is 7.51. The largest absolute Gasteiger partial charge is 0.348 e. The number of allylic oxidation sites excluding steroid dienone is 1. The van der Waals surface area contributed by atoms with E-state index in [1.807, 2.05) is 55.5 Å². The summed E-state index contributed by atoms with van der Waals surface area (Å²) in [6.45, 7) is 6.16. The number of aromatic nitrogens is 3. The van der Waals surface area contributed by atoms with Crippen molar-refractivity contribution in [2.75, 3.05) is 10.7 Å². The molecule has 2 aromatic heterocycles. The molecule has 0 saturated heterocycles. The van der Waals surface area contributed by atoms with Gasteiger partial charge < -0.3 is 5.32 Å². The van der Waals surface area contributed by atoms with Gasteiger partial charge in [-0.25, -0.2) is 4.98 Å². The van der Waals surface area contributed by atoms with Crippen LogP contribution in [0.4, 0.5) is 5.69 Å². The van der Waals surface area contributed by atoms with E-state index in [0.29, 0.717) is 29.2 Å². The average Bonchev–Trinajstić information content (AvgIpc) is 3.30. The van der Waals surface area contributed by atoms with Crippen molar-refractivity contribution in [3.63, 3.8) is 0 Å². The monoisotopic (exact) mass is 471 g/mol. The van der Waals surface area contributed by atoms with E-state index in [9.17, 15) is 10.0 Å². The normalized spacial score (nSPS) is 11.1. The molecule has 8 heteroatoms. The van der Waals surface area contributed by atoms with Gasteiger partial charge in [-0.05, 0) is 72.5 Å². The van der Waals surface area contributed by atoms with Gasteiger partial charge in [-0.15, -0.1) is 0 Å². The fourth-order valence-corrected chi connectivity index (χ4v) is 3.90. The van der Waals surface area contributed by atoms with E-state index in [1.165, 1.54) is 11.9 Å². The highest BCUT2D eigenvalue weighted by Crippen LogP contribution is 2.27. The summed E-state index contributed by atoms with van der Waals surface area (Å²) in [5.41, 5.74) is 6.11. The number of nitrogens with one attached hydrogen (secondary N) is 2. The SMILES string of the molecule is C=Cc1ccc(-c2n[nH]c3ccc(C(=O)NCc4ccc(N(O)SC)cc4)cc23)nc1/C=C\C. The highest BCUT2D eigenvalue weighted by Gasteiger charge is 2.14. The number of pyridine rings is 1. The van der Waals surface area contributed by atoms with E-state index in [2.05, 4.69) is 22.1 Å². The molecule has 0 bridgehead atoms. The van der Waals surface area contributed by atoms with Gasteiger partial charge in [-0.2, -0.15) is 9.57 Å². The fraction of sp³-hybridized carbons (Fsp3) is 0.115. The molecular weight excluding hydrogens is 446 g/mol. The van der Waals surface area contributed by atoms with Gasteiger partial charge in [-0.1, -0.05) is 36.9 Å². The predicted octanol–water partition coefficient (Wildman–Crippen LogP) is 5.70. The number of rotatable bonds is 8. The summed E-state index contributed by atoms with van der Waals surface area (Å²) < 4.78 is 1.08. The Balaban J connectivity index is 1.56. The molecule has 4 aromatic rings. The molecule has 3 N–H and O–H groups in total. The number of anilines is 1. The van der Waals surface area contributed by atoms with E-state index < -0.39 is 0 Å². The second kappa shape index (κ2) is 10.4. The first-order valence-corrected chi connectivity index (χ1v) is 11.9. The minimum absolute atomic E-state index is 0.185. The van der Waals surface area contributed by atoms with Crippen LogP contribution in [0.25, 0.3) is 34.4 Å². The third-order valence-electron chi connectivity index (χ3n) is 5.35. The molecule has 0 saturated carbocycles. The van der Waals surface area contributed by atoms with Crippen molar-refractivity contribution in [3.05, 3.63) is 89.6 Å². The minimum Gasteiger partial charge on any atom is -0.348 e. The lowest BCUT2D eigenvalue weighted by Crippen LogP contribution is -2.22. The Morgan fingerprint density at radius 2 is 2.00 bits per heavy atom. The van der Waals surface area contributed by atoms with Crippen LogP contribution in [0, 0.1) is 0 Å². The van der Waals surface area contributed by atoms with Crippen molar-refractivity contribution < 1.29 is 10.0 Å². The third-order valence-corrected chi connectivity index (χ3v) is 5.91. The summed E-state index contributed by atoms with van der Waals surface area (Å²) >= 11 is 1.20. The summed E-state index contributed by atoms with van der Waals surface area (Å²) in [6.07, 6.45) is 7.41. The van der Waals surface area contributed by atoms with Crippen molar-refractivity contribution in [3.8, 4) is 11.4 Å². The fourth-order valence-electron chi connectivity index (χ4n) is 3.56. The lowest BCUT2D eigenvalue weighted by atomic mass is 10.1. The molecule has 34 heavy (non-hydrogen) atoms. The molecule has 0 spiro atoms. The maximum Gasteiger partial charge on any atom is 0.251 e. The van der Waals surface area contributed by atoms with Crippen molar-refractivity contribution in [1.29, 1.82) is 0 Å². The highest BCUT2D eigenvalue weighted by atomic mass is 32.2. The van der Waals surface area contributed by atoms with Crippen LogP contribution in [0.5, 0.6) is 0 Å². The maximum absolute atomic E-state index is 12.8. The van der Waals surface area contributed by atoms with Crippen LogP contribution in [0.15, 0.2) is 67.3 Å². The maximum atomic E-state index is 12.8. The summed E-state index contributed by atoms with van der Waals surface area (Å²) in [6, 6.07) is 16.6. The lowest BCUT2D eigenvalue weighted by Gasteiger charge is -2.13. The number of benzene rings is 2. The molecule has 0 radical (unpaired) electrons. The number of hydrogen-bond donors (Lipinski definition) is 3. The summed E-state index contributed by atoms with van der Waals surface area (Å²) in [4.78, 5) is 17.6. The Morgan fingerprint density at radius 3 is 2.71 bits per heavy atom. The van der Waals surface area contributed by atoms with Crippen LogP contribution >= 0.6 is 11.9 Å². The molecule has 7 nitrogen and oxygen atoms in total. The van der Waals surface area contributed by atoms with Gasteiger partial charge in [0.2, 0.25) is 0 Å². The Morgan fingerprint density at radius 1 is 1.21 bits per heavy atom. The van der Waals surface area contributed by atoms with Gasteiger partial charge in [-0.3, -0.25) is 15.1 Å². The van der Waals surface area contributed by atoms with Gasteiger partial charge in [0.05, 0.1) is 22.6 Å². The van der Waals surface area contributed by atoms with Crippen molar-refractivity contribution in [2.45, 2.75) is 13.5 Å². The zero-order valence-electron chi connectivity index (χ0n) is 18.9. The number of hydrogen-bond acceptors (Lipinski definition) is 6. The molecule has 0 atom stereocenters. The topological polar surface area (TPSA) is 94.1 Å². The van der Waals surface area contributed by atoms with E-state index >= 15 is 0 Å². The smallest absolute Gasteiger partial charge is 0.251 e. The molecule has 0 unspecified atom stereocenters. The van der Waals surface area contributed by atoms with Gasteiger partial charge in [0, 0.05) is 23.8 Å². The van der Waals surface area contributed by atoms with Gasteiger partial charge in [0.25, 0.3) is 5.91 Å². The molecule has 172 valence electrons. The van der Waals surface area contributed by atoms with Crippen LogP contribution in [-0.4, -0.2) is 32.6 Å². The van der Waals surface area contributed by atoms with Crippen molar-refractivity contribution in [1.82, 2.24) is 20.5 Å². The molecule has 0 aliphatic rings. The summed E-state index contributed by atoms with van der Waals surface area (Å²) in [7, 11) is 0. The molecule has 0 aliphatic heterocycles. The van der Waals surface area contributed by atoms with E-state index in [-0.39, 0.29) is 5.91 Å². The van der Waals surface area contributed by atoms with E-state index in [4.69, 9.17) is 4.98 Å². The third kappa shape index (κ3) is 4.88. The minimum atomic E-state index is -0.185. The molecule has 0 fully saturated rings. The van der Waals surface area contributed by atoms with Crippen LogP contribution in [0.3, 0.4) is 0 Å². The Labute approximate surface area is 202 Å². The first-order chi connectivity index (χ1) is 16.5. The molecule has 1 amide bonds. The number of aromatic amines is 1. The molecule has 0 aliphatic carbocycles. The molecule has 2 heterocycles. The Hall–Kier alpha value is -3.88. The number of amides is 1. The highest BCUT2D eigenvalue weighted by molar-refractivity contribution is 7.99. The lowest BCUT2D eigenvalue weighted by molar-refractivity contribution is 0.0951. The molecule has 2 aromatic carbocycles. The van der Waals surface area contributed by atoms with Gasteiger partial charge >= 0.3 is 0 Å². The van der Waals surface area contributed by atoms with Crippen LogP contribution in [0.1, 0.15) is 34.1 Å². The van der Waals surface area contributed by atoms with E-state index in [0.717, 1.165) is 32.2 Å². The molecule has 4 rings (SSSR count). The molecular formula is C26H25N5O2S. The van der Waals surface area contributed by atoms with Gasteiger partial charge in [0.15, 0.2) is 0 Å². The zero-order valence-corrected chi connectivity index (χ0v) is 19.8. The summed E-state index contributed by atoms with van der Waals surface area (Å²) in [5, 5.41) is 21.0. The van der Waals surface area contributed by atoms with Crippen molar-refractivity contribution >= 4 is 46.6 Å². The zero-order chi connectivity index (χ0) is 24.1. The Kier molecular flexibility index (Phi) is 7.10. The van der Waals surface area contributed by atoms with Crippen LogP contribution in [0.2, 0.25) is 0 Å². The second-order valence-corrected chi connectivity index (χ2v) is 8.22. The Bertz CT molecular complexity index is 1360. The number of H-pyrrole nitrogens is 1.